The molecule has 0 radical (unpaired) electrons. The number of nitrogens with one attached hydrogen (secondary N) is 1. The fourth-order valence-corrected chi connectivity index (χ4v) is 1.50. The number of fused-ring (bicyclic) bond motifs is 1. The first-order chi connectivity index (χ1) is 6.72. The molecule has 0 saturated heterocycles. The van der Waals surface area contributed by atoms with Crippen LogP contribution in [0.1, 0.15) is 12.5 Å². The molecular weight excluding hydrogens is 181 g/mol. The van der Waals surface area contributed by atoms with E-state index in [4.69, 9.17) is 0 Å². The summed E-state index contributed by atoms with van der Waals surface area (Å²) in [6.07, 6.45) is 0.655. The zero-order chi connectivity index (χ0) is 10.1. The molecule has 0 fully saturated rings. The molecule has 1 aromatic carbocycles. The lowest BCUT2D eigenvalue weighted by atomic mass is 10.1. The maximum Gasteiger partial charge on any atom is 0.251 e. The average Bonchev–Trinajstić information content (AvgIpc) is 2.19. The first-order valence-corrected chi connectivity index (χ1v) is 4.53. The minimum absolute atomic E-state index is 0.204. The molecule has 72 valence electrons. The molecule has 0 bridgehead atoms. The Morgan fingerprint density at radius 1 is 1.43 bits per heavy atom. The first-order valence-electron chi connectivity index (χ1n) is 4.53. The molecule has 3 heteroatoms. The minimum atomic E-state index is -0.387. The van der Waals surface area contributed by atoms with Crippen molar-refractivity contribution in [2.75, 3.05) is 0 Å². The summed E-state index contributed by atoms with van der Waals surface area (Å²) in [5.74, 6) is -0.387. The molecule has 2 aromatic rings. The van der Waals surface area contributed by atoms with E-state index in [1.54, 1.807) is 18.2 Å². The maximum absolute atomic E-state index is 13.2. The average molecular weight is 191 g/mol. The normalized spacial score (nSPS) is 10.7. The van der Waals surface area contributed by atoms with Crippen molar-refractivity contribution in [3.63, 3.8) is 0 Å². The van der Waals surface area contributed by atoms with Crippen LogP contribution in [0.4, 0.5) is 4.39 Å². The lowest BCUT2D eigenvalue weighted by molar-refractivity contribution is 0.636. The predicted octanol–water partition coefficient (Wildman–Crippen LogP) is 2.23. The van der Waals surface area contributed by atoms with E-state index in [0.717, 1.165) is 5.39 Å². The van der Waals surface area contributed by atoms with Crippen molar-refractivity contribution in [2.24, 2.45) is 0 Å². The van der Waals surface area contributed by atoms with Crippen molar-refractivity contribution in [3.8, 4) is 0 Å². The quantitative estimate of drug-likeness (QED) is 0.736. The van der Waals surface area contributed by atoms with Gasteiger partial charge in [-0.1, -0.05) is 19.1 Å². The van der Waals surface area contributed by atoms with Gasteiger partial charge in [-0.25, -0.2) is 4.39 Å². The zero-order valence-corrected chi connectivity index (χ0v) is 7.80. The number of aromatic amines is 1. The molecule has 1 N–H and O–H groups in total. The lowest BCUT2D eigenvalue weighted by Gasteiger charge is -2.01. The Labute approximate surface area is 80.4 Å². The SMILES string of the molecule is CCc1cc2cccc(F)c2[nH]c1=O. The topological polar surface area (TPSA) is 32.9 Å². The summed E-state index contributed by atoms with van der Waals surface area (Å²) in [6.45, 7) is 1.90. The van der Waals surface area contributed by atoms with Crippen molar-refractivity contribution in [3.05, 3.63) is 46.0 Å². The number of benzene rings is 1. The maximum atomic E-state index is 13.2. The number of rotatable bonds is 1. The third kappa shape index (κ3) is 1.31. The van der Waals surface area contributed by atoms with E-state index < -0.39 is 0 Å². The Balaban J connectivity index is 2.86. The summed E-state index contributed by atoms with van der Waals surface area (Å²) in [5, 5.41) is 0.737. The monoisotopic (exact) mass is 191 g/mol. The van der Waals surface area contributed by atoms with E-state index in [1.807, 2.05) is 6.92 Å². The van der Waals surface area contributed by atoms with Crippen molar-refractivity contribution < 1.29 is 4.39 Å². The highest BCUT2D eigenvalue weighted by atomic mass is 19.1. The molecule has 0 saturated carbocycles. The second-order valence-electron chi connectivity index (χ2n) is 3.18. The summed E-state index contributed by atoms with van der Waals surface area (Å²) in [5.41, 5.74) is 0.767. The van der Waals surface area contributed by atoms with E-state index in [0.29, 0.717) is 12.0 Å². The molecule has 0 aliphatic rings. The van der Waals surface area contributed by atoms with Gasteiger partial charge in [0.15, 0.2) is 0 Å². The van der Waals surface area contributed by atoms with E-state index in [1.165, 1.54) is 6.07 Å². The summed E-state index contributed by atoms with van der Waals surface area (Å²) >= 11 is 0. The molecule has 0 atom stereocenters. The fraction of sp³-hybridized carbons (Fsp3) is 0.182. The molecule has 1 heterocycles. The van der Waals surface area contributed by atoms with Gasteiger partial charge in [-0.2, -0.15) is 0 Å². The van der Waals surface area contributed by atoms with E-state index in [2.05, 4.69) is 4.98 Å². The van der Waals surface area contributed by atoms with Gasteiger partial charge in [-0.3, -0.25) is 4.79 Å². The van der Waals surface area contributed by atoms with Crippen LogP contribution in [0.2, 0.25) is 0 Å². The van der Waals surface area contributed by atoms with Crippen molar-refractivity contribution in [1.29, 1.82) is 0 Å². The van der Waals surface area contributed by atoms with Crippen LogP contribution in [0.15, 0.2) is 29.1 Å². The van der Waals surface area contributed by atoms with Crippen LogP contribution in [0.3, 0.4) is 0 Å². The number of aromatic nitrogens is 1. The highest BCUT2D eigenvalue weighted by Gasteiger charge is 2.03. The van der Waals surface area contributed by atoms with Gasteiger partial charge in [0.05, 0.1) is 5.52 Å². The summed E-state index contributed by atoms with van der Waals surface area (Å²) < 4.78 is 13.2. The number of hydrogen-bond acceptors (Lipinski definition) is 1. The van der Waals surface area contributed by atoms with E-state index in [-0.39, 0.29) is 16.9 Å². The van der Waals surface area contributed by atoms with Gasteiger partial charge in [0, 0.05) is 10.9 Å². The predicted molar refractivity (Wildman–Crippen MR) is 53.9 cm³/mol. The molecule has 0 aliphatic carbocycles. The third-order valence-corrected chi connectivity index (χ3v) is 2.29. The van der Waals surface area contributed by atoms with Crippen LogP contribution in [-0.4, -0.2) is 4.98 Å². The zero-order valence-electron chi connectivity index (χ0n) is 7.80. The highest BCUT2D eigenvalue weighted by molar-refractivity contribution is 5.79. The largest absolute Gasteiger partial charge is 0.319 e. The standard InChI is InChI=1S/C11H10FNO/c1-2-7-6-8-4-3-5-9(12)10(8)13-11(7)14/h3-6H,2H2,1H3,(H,13,14). The van der Waals surface area contributed by atoms with Crippen LogP contribution in [0, 0.1) is 5.82 Å². The molecular formula is C11H10FNO. The van der Waals surface area contributed by atoms with E-state index in [9.17, 15) is 9.18 Å². The van der Waals surface area contributed by atoms with Gasteiger partial charge in [0.1, 0.15) is 5.82 Å². The van der Waals surface area contributed by atoms with Gasteiger partial charge in [-0.05, 0) is 18.6 Å². The Morgan fingerprint density at radius 2 is 2.21 bits per heavy atom. The van der Waals surface area contributed by atoms with Crippen LogP contribution < -0.4 is 5.56 Å². The Kier molecular flexibility index (Phi) is 2.08. The highest BCUT2D eigenvalue weighted by Crippen LogP contribution is 2.14. The second kappa shape index (κ2) is 3.25. The third-order valence-electron chi connectivity index (χ3n) is 2.29. The first kappa shape index (κ1) is 8.94. The van der Waals surface area contributed by atoms with Gasteiger partial charge in [-0.15, -0.1) is 0 Å². The molecule has 2 rings (SSSR count). The van der Waals surface area contributed by atoms with Crippen molar-refractivity contribution >= 4 is 10.9 Å². The summed E-state index contributed by atoms with van der Waals surface area (Å²) in [6, 6.07) is 6.49. The Bertz CT molecular complexity index is 530. The fourth-order valence-electron chi connectivity index (χ4n) is 1.50. The smallest absolute Gasteiger partial charge is 0.251 e. The molecule has 2 nitrogen and oxygen atoms in total. The Hall–Kier alpha value is -1.64. The number of para-hydroxylation sites is 1. The van der Waals surface area contributed by atoms with Gasteiger partial charge < -0.3 is 4.98 Å². The summed E-state index contributed by atoms with van der Waals surface area (Å²) in [4.78, 5) is 13.9. The number of pyridine rings is 1. The number of halogens is 1. The number of H-pyrrole nitrogens is 1. The molecule has 0 amide bonds. The molecule has 1 aromatic heterocycles. The lowest BCUT2D eigenvalue weighted by Crippen LogP contribution is -2.11. The van der Waals surface area contributed by atoms with Crippen molar-refractivity contribution in [2.45, 2.75) is 13.3 Å². The van der Waals surface area contributed by atoms with Crippen LogP contribution >= 0.6 is 0 Å². The summed E-state index contributed by atoms with van der Waals surface area (Å²) in [7, 11) is 0. The van der Waals surface area contributed by atoms with Gasteiger partial charge in [0.2, 0.25) is 0 Å². The number of aryl methyl sites for hydroxylation is 1. The van der Waals surface area contributed by atoms with Crippen molar-refractivity contribution in [1.82, 2.24) is 4.98 Å². The minimum Gasteiger partial charge on any atom is -0.319 e. The number of hydrogen-bond donors (Lipinski definition) is 1. The second-order valence-corrected chi connectivity index (χ2v) is 3.18. The molecule has 0 unspecified atom stereocenters. The van der Waals surface area contributed by atoms with Crippen LogP contribution in [0.5, 0.6) is 0 Å². The molecule has 0 spiro atoms. The van der Waals surface area contributed by atoms with Crippen LogP contribution in [0.25, 0.3) is 10.9 Å². The Morgan fingerprint density at radius 3 is 2.93 bits per heavy atom. The molecule has 0 aliphatic heterocycles. The van der Waals surface area contributed by atoms with E-state index >= 15 is 0 Å². The van der Waals surface area contributed by atoms with Gasteiger partial charge >= 0.3 is 0 Å². The molecule has 14 heavy (non-hydrogen) atoms. The van der Waals surface area contributed by atoms with Gasteiger partial charge in [0.25, 0.3) is 5.56 Å². The van der Waals surface area contributed by atoms with Crippen LogP contribution in [-0.2, 0) is 6.42 Å².